The minimum absolute atomic E-state index is 0.0980. The largest absolute Gasteiger partial charge is 0.416 e. The highest BCUT2D eigenvalue weighted by atomic mass is 19.4. The highest BCUT2D eigenvalue weighted by Crippen LogP contribution is 2.38. The number of ether oxygens (including phenoxy) is 1. The molecule has 2 aromatic carbocycles. The van der Waals surface area contributed by atoms with E-state index in [0.29, 0.717) is 11.1 Å². The number of alkyl halides is 6. The highest BCUT2D eigenvalue weighted by Gasteiger charge is 2.37. The van der Waals surface area contributed by atoms with Gasteiger partial charge in [-0.05, 0) is 41.8 Å². The van der Waals surface area contributed by atoms with E-state index < -0.39 is 47.6 Å². The maximum Gasteiger partial charge on any atom is 0.416 e. The molecule has 0 aromatic heterocycles. The van der Waals surface area contributed by atoms with Gasteiger partial charge >= 0.3 is 12.4 Å². The van der Waals surface area contributed by atoms with Gasteiger partial charge in [0.2, 0.25) is 0 Å². The molecular formula is C21H20BF6NO2. The molecule has 1 fully saturated rings. The summed E-state index contributed by atoms with van der Waals surface area (Å²) in [7, 11) is 5.44. The van der Waals surface area contributed by atoms with Crippen LogP contribution in [0.3, 0.4) is 0 Å². The molecule has 10 heteroatoms. The minimum Gasteiger partial charge on any atom is -0.391 e. The molecule has 3 atom stereocenters. The summed E-state index contributed by atoms with van der Waals surface area (Å²) in [5, 5.41) is 13.3. The number of aliphatic hydroxyl groups is 1. The lowest BCUT2D eigenvalue weighted by molar-refractivity contribution is -0.138. The summed E-state index contributed by atoms with van der Waals surface area (Å²) in [5.74, 6) is -0.668. The SMILES string of the molecule is [B]CN[C@@H]1CO[C@H](C(c2ccc(C(F)(F)F)cc2)c2ccc(C(F)(F)F)cc2)CC1O. The molecule has 0 saturated carbocycles. The number of halogens is 6. The summed E-state index contributed by atoms with van der Waals surface area (Å²) in [4.78, 5) is 0. The van der Waals surface area contributed by atoms with E-state index in [4.69, 9.17) is 12.6 Å². The van der Waals surface area contributed by atoms with Gasteiger partial charge in [0.15, 0.2) is 0 Å². The van der Waals surface area contributed by atoms with Gasteiger partial charge in [-0.15, -0.1) is 0 Å². The van der Waals surface area contributed by atoms with Gasteiger partial charge in [-0.3, -0.25) is 0 Å². The van der Waals surface area contributed by atoms with Crippen LogP contribution in [0.4, 0.5) is 26.3 Å². The molecule has 2 radical (unpaired) electrons. The smallest absolute Gasteiger partial charge is 0.391 e. The van der Waals surface area contributed by atoms with E-state index in [-0.39, 0.29) is 19.5 Å². The summed E-state index contributed by atoms with van der Waals surface area (Å²) in [6.45, 7) is 0.0980. The third kappa shape index (κ3) is 5.61. The third-order valence-corrected chi connectivity index (χ3v) is 5.37. The van der Waals surface area contributed by atoms with Gasteiger partial charge in [0.1, 0.15) is 0 Å². The molecule has 3 nitrogen and oxygen atoms in total. The molecule has 2 aromatic rings. The second-order valence-corrected chi connectivity index (χ2v) is 7.41. The first kappa shape index (κ1) is 23.6. The lowest BCUT2D eigenvalue weighted by Gasteiger charge is -2.38. The van der Waals surface area contributed by atoms with Crippen molar-refractivity contribution in [2.75, 3.05) is 13.1 Å². The first-order valence-corrected chi connectivity index (χ1v) is 9.58. The second-order valence-electron chi connectivity index (χ2n) is 7.41. The molecule has 1 aliphatic rings. The number of hydrogen-bond donors (Lipinski definition) is 2. The van der Waals surface area contributed by atoms with Crippen molar-refractivity contribution in [1.82, 2.24) is 5.32 Å². The van der Waals surface area contributed by atoms with E-state index >= 15 is 0 Å². The molecule has 31 heavy (non-hydrogen) atoms. The zero-order valence-electron chi connectivity index (χ0n) is 16.3. The Labute approximate surface area is 176 Å². The normalized spacial score (nSPS) is 22.6. The molecule has 2 N–H and O–H groups in total. The Morgan fingerprint density at radius 1 is 0.903 bits per heavy atom. The Hall–Kier alpha value is -2.04. The standard InChI is InChI=1S/C21H20BF6NO2/c22-11-29-16-10-31-18(9-17(16)30)19(12-1-5-14(6-2-12)20(23,24)25)13-3-7-15(8-4-13)21(26,27)28/h1-8,16-19,29-30H,9-11H2/t16-,17?,18+/m1/s1. The van der Waals surface area contributed by atoms with Crippen LogP contribution in [0.2, 0.25) is 0 Å². The van der Waals surface area contributed by atoms with Crippen LogP contribution in [0.25, 0.3) is 0 Å². The number of hydrogen-bond acceptors (Lipinski definition) is 3. The quantitative estimate of drug-likeness (QED) is 0.541. The van der Waals surface area contributed by atoms with E-state index in [1.54, 1.807) is 0 Å². The van der Waals surface area contributed by atoms with Crippen molar-refractivity contribution in [2.45, 2.75) is 42.9 Å². The van der Waals surface area contributed by atoms with Gasteiger partial charge in [-0.25, -0.2) is 0 Å². The fraction of sp³-hybridized carbons (Fsp3) is 0.429. The lowest BCUT2D eigenvalue weighted by Crippen LogP contribution is -2.51. The Morgan fingerprint density at radius 2 is 1.35 bits per heavy atom. The van der Waals surface area contributed by atoms with Crippen LogP contribution in [-0.2, 0) is 17.1 Å². The fourth-order valence-electron chi connectivity index (χ4n) is 3.77. The Balaban J connectivity index is 1.95. The predicted octanol–water partition coefficient (Wildman–Crippen LogP) is 4.09. The van der Waals surface area contributed by atoms with Crippen LogP contribution in [0.15, 0.2) is 48.5 Å². The maximum atomic E-state index is 12.9. The van der Waals surface area contributed by atoms with Crippen LogP contribution < -0.4 is 5.32 Å². The maximum absolute atomic E-state index is 12.9. The number of aliphatic hydroxyl groups excluding tert-OH is 1. The molecule has 0 spiro atoms. The van der Waals surface area contributed by atoms with Gasteiger partial charge in [0.05, 0.1) is 43.8 Å². The molecule has 1 aliphatic heterocycles. The average molecular weight is 443 g/mol. The summed E-state index contributed by atoms with van der Waals surface area (Å²) < 4.78 is 83.5. The van der Waals surface area contributed by atoms with Crippen molar-refractivity contribution in [1.29, 1.82) is 0 Å². The first-order chi connectivity index (χ1) is 14.5. The molecule has 1 saturated heterocycles. The molecule has 3 rings (SSSR count). The average Bonchev–Trinajstić information content (AvgIpc) is 2.70. The Morgan fingerprint density at radius 3 is 1.71 bits per heavy atom. The van der Waals surface area contributed by atoms with E-state index in [2.05, 4.69) is 5.32 Å². The van der Waals surface area contributed by atoms with Gasteiger partial charge in [0.25, 0.3) is 0 Å². The third-order valence-electron chi connectivity index (χ3n) is 5.37. The van der Waals surface area contributed by atoms with Crippen LogP contribution >= 0.6 is 0 Å². The summed E-state index contributed by atoms with van der Waals surface area (Å²) in [6.07, 6.45) is -10.3. The van der Waals surface area contributed by atoms with Crippen LogP contribution in [-0.4, -0.2) is 44.3 Å². The highest BCUT2D eigenvalue weighted by molar-refractivity contribution is 6.08. The zero-order chi connectivity index (χ0) is 22.8. The zero-order valence-corrected chi connectivity index (χ0v) is 16.3. The van der Waals surface area contributed by atoms with E-state index in [1.807, 2.05) is 0 Å². The van der Waals surface area contributed by atoms with Crippen molar-refractivity contribution >= 4 is 7.85 Å². The van der Waals surface area contributed by atoms with Crippen molar-refractivity contribution in [2.24, 2.45) is 0 Å². The monoisotopic (exact) mass is 443 g/mol. The number of benzene rings is 2. The molecule has 0 bridgehead atoms. The minimum atomic E-state index is -4.51. The first-order valence-electron chi connectivity index (χ1n) is 9.58. The molecule has 1 unspecified atom stereocenters. The molecular weight excluding hydrogens is 423 g/mol. The van der Waals surface area contributed by atoms with Crippen LogP contribution in [0.5, 0.6) is 0 Å². The molecule has 1 heterocycles. The molecule has 166 valence electrons. The summed E-state index contributed by atoms with van der Waals surface area (Å²) in [5.41, 5.74) is -0.788. The van der Waals surface area contributed by atoms with Crippen LogP contribution in [0.1, 0.15) is 34.6 Å². The number of rotatable bonds is 5. The van der Waals surface area contributed by atoms with Gasteiger partial charge in [-0.1, -0.05) is 24.3 Å². The molecule has 0 aliphatic carbocycles. The summed E-state index contributed by atoms with van der Waals surface area (Å²) >= 11 is 0. The van der Waals surface area contributed by atoms with E-state index in [1.165, 1.54) is 24.3 Å². The fourth-order valence-corrected chi connectivity index (χ4v) is 3.77. The Kier molecular flexibility index (Phi) is 7.03. The second kappa shape index (κ2) is 9.22. The topological polar surface area (TPSA) is 41.5 Å². The molecule has 0 amide bonds. The van der Waals surface area contributed by atoms with E-state index in [0.717, 1.165) is 24.3 Å². The summed E-state index contributed by atoms with van der Waals surface area (Å²) in [6, 6.07) is 8.40. The van der Waals surface area contributed by atoms with Crippen molar-refractivity contribution in [3.8, 4) is 0 Å². The van der Waals surface area contributed by atoms with Crippen LogP contribution in [0, 0.1) is 0 Å². The van der Waals surface area contributed by atoms with Crippen molar-refractivity contribution < 1.29 is 36.2 Å². The lowest BCUT2D eigenvalue weighted by atomic mass is 9.81. The van der Waals surface area contributed by atoms with Gasteiger partial charge < -0.3 is 15.2 Å². The Bertz CT molecular complexity index is 797. The van der Waals surface area contributed by atoms with E-state index in [9.17, 15) is 31.4 Å². The van der Waals surface area contributed by atoms with Gasteiger partial charge in [-0.2, -0.15) is 26.3 Å². The van der Waals surface area contributed by atoms with Gasteiger partial charge in [0, 0.05) is 12.3 Å². The van der Waals surface area contributed by atoms with Crippen molar-refractivity contribution in [3.63, 3.8) is 0 Å². The number of nitrogens with one attached hydrogen (secondary N) is 1. The predicted molar refractivity (Wildman–Crippen MR) is 103 cm³/mol. The van der Waals surface area contributed by atoms with Crippen molar-refractivity contribution in [3.05, 3.63) is 70.8 Å².